The highest BCUT2D eigenvalue weighted by Gasteiger charge is 2.35. The van der Waals surface area contributed by atoms with Gasteiger partial charge in [0.15, 0.2) is 5.78 Å². The van der Waals surface area contributed by atoms with Crippen LogP contribution in [0.15, 0.2) is 11.4 Å². The summed E-state index contributed by atoms with van der Waals surface area (Å²) in [5.41, 5.74) is 5.29. The molecule has 0 fully saturated rings. The second-order valence-electron chi connectivity index (χ2n) is 3.62. The molecule has 0 bridgehead atoms. The van der Waals surface area contributed by atoms with Crippen LogP contribution in [-0.4, -0.2) is 12.3 Å². The predicted octanol–water partition coefficient (Wildman–Crippen LogP) is 3.35. The smallest absolute Gasteiger partial charge is 0.181 e. The van der Waals surface area contributed by atoms with E-state index in [4.69, 9.17) is 17.3 Å². The van der Waals surface area contributed by atoms with Gasteiger partial charge in [-0.25, -0.2) is 0 Å². The first-order valence-electron chi connectivity index (χ1n) is 5.09. The lowest BCUT2D eigenvalue weighted by Crippen LogP contribution is -2.37. The van der Waals surface area contributed by atoms with E-state index in [0.29, 0.717) is 16.4 Å². The van der Waals surface area contributed by atoms with E-state index in [1.165, 1.54) is 11.3 Å². The zero-order valence-electron chi connectivity index (χ0n) is 9.05. The second-order valence-corrected chi connectivity index (χ2v) is 4.94. The molecule has 0 aliphatic heterocycles. The van der Waals surface area contributed by atoms with Gasteiger partial charge in [0.25, 0.3) is 0 Å². The summed E-state index contributed by atoms with van der Waals surface area (Å²) in [7, 11) is 0. The van der Waals surface area contributed by atoms with Gasteiger partial charge in [-0.3, -0.25) is 4.79 Å². The van der Waals surface area contributed by atoms with E-state index in [1.54, 1.807) is 6.07 Å². The van der Waals surface area contributed by atoms with Gasteiger partial charge in [-0.1, -0.05) is 25.4 Å². The summed E-state index contributed by atoms with van der Waals surface area (Å²) in [6.45, 7) is 4.37. The van der Waals surface area contributed by atoms with Gasteiger partial charge in [0.05, 0.1) is 9.90 Å². The van der Waals surface area contributed by atoms with Gasteiger partial charge in [-0.15, -0.1) is 11.3 Å². The molecule has 0 atom stereocenters. The van der Waals surface area contributed by atoms with Crippen LogP contribution in [0.4, 0.5) is 0 Å². The van der Waals surface area contributed by atoms with Crippen molar-refractivity contribution in [1.29, 1.82) is 0 Å². The normalized spacial score (nSPS) is 11.7. The maximum Gasteiger partial charge on any atom is 0.181 e. The predicted molar refractivity (Wildman–Crippen MR) is 65.7 cm³/mol. The standard InChI is InChI=1S/C11H16ClNOS/c1-3-11(4-2,7-13)10(14)9-8(12)5-6-15-9/h5-6H,3-4,7,13H2,1-2H3. The molecule has 1 heterocycles. The van der Waals surface area contributed by atoms with Crippen molar-refractivity contribution in [2.24, 2.45) is 11.1 Å². The number of carbonyl (C=O) groups excluding carboxylic acids is 1. The fourth-order valence-corrected chi connectivity index (χ4v) is 2.85. The minimum Gasteiger partial charge on any atom is -0.329 e. The molecule has 0 saturated heterocycles. The number of hydrogen-bond donors (Lipinski definition) is 1. The average Bonchev–Trinajstić information content (AvgIpc) is 2.67. The fourth-order valence-electron chi connectivity index (χ4n) is 1.65. The molecule has 1 rings (SSSR count). The molecule has 1 aromatic rings. The number of ketones is 1. The molecule has 2 nitrogen and oxygen atoms in total. The summed E-state index contributed by atoms with van der Waals surface area (Å²) in [6.07, 6.45) is 1.51. The first kappa shape index (κ1) is 12.7. The van der Waals surface area contributed by atoms with E-state index in [2.05, 4.69) is 0 Å². The van der Waals surface area contributed by atoms with Crippen LogP contribution in [0.5, 0.6) is 0 Å². The summed E-state index contributed by atoms with van der Waals surface area (Å²) in [5, 5.41) is 2.38. The second kappa shape index (κ2) is 5.10. The Morgan fingerprint density at radius 3 is 2.47 bits per heavy atom. The van der Waals surface area contributed by atoms with Crippen LogP contribution in [0.25, 0.3) is 0 Å². The molecule has 0 spiro atoms. The third-order valence-electron chi connectivity index (χ3n) is 3.05. The largest absolute Gasteiger partial charge is 0.329 e. The van der Waals surface area contributed by atoms with E-state index in [0.717, 1.165) is 12.8 Å². The molecule has 0 saturated carbocycles. The highest BCUT2D eigenvalue weighted by Crippen LogP contribution is 2.34. The summed E-state index contributed by atoms with van der Waals surface area (Å²) >= 11 is 7.35. The summed E-state index contributed by atoms with van der Waals surface area (Å²) in [6, 6.07) is 1.76. The fraction of sp³-hybridized carbons (Fsp3) is 0.545. The summed E-state index contributed by atoms with van der Waals surface area (Å²) in [5.74, 6) is 0.0926. The average molecular weight is 246 g/mol. The van der Waals surface area contributed by atoms with E-state index in [1.807, 2.05) is 19.2 Å². The summed E-state index contributed by atoms with van der Waals surface area (Å²) in [4.78, 5) is 12.9. The maximum atomic E-state index is 12.3. The third-order valence-corrected chi connectivity index (χ3v) is 4.39. The highest BCUT2D eigenvalue weighted by atomic mass is 35.5. The highest BCUT2D eigenvalue weighted by molar-refractivity contribution is 7.12. The third kappa shape index (κ3) is 2.25. The van der Waals surface area contributed by atoms with Crippen molar-refractivity contribution in [3.05, 3.63) is 21.3 Å². The van der Waals surface area contributed by atoms with Crippen molar-refractivity contribution < 1.29 is 4.79 Å². The van der Waals surface area contributed by atoms with Gasteiger partial charge in [0, 0.05) is 12.0 Å². The molecule has 15 heavy (non-hydrogen) atoms. The van der Waals surface area contributed by atoms with Crippen molar-refractivity contribution >= 4 is 28.7 Å². The first-order valence-corrected chi connectivity index (χ1v) is 6.35. The van der Waals surface area contributed by atoms with E-state index in [9.17, 15) is 4.79 Å². The van der Waals surface area contributed by atoms with Gasteiger partial charge in [0.1, 0.15) is 0 Å². The van der Waals surface area contributed by atoms with Gasteiger partial charge in [-0.2, -0.15) is 0 Å². The van der Waals surface area contributed by atoms with Crippen LogP contribution in [-0.2, 0) is 0 Å². The molecule has 0 aromatic carbocycles. The van der Waals surface area contributed by atoms with Crippen molar-refractivity contribution in [1.82, 2.24) is 0 Å². The SMILES string of the molecule is CCC(CC)(CN)C(=O)c1sccc1Cl. The molecule has 0 aliphatic carbocycles. The van der Waals surface area contributed by atoms with Crippen LogP contribution < -0.4 is 5.73 Å². The lowest BCUT2D eigenvalue weighted by atomic mass is 9.78. The van der Waals surface area contributed by atoms with Crippen LogP contribution in [0.3, 0.4) is 0 Å². The van der Waals surface area contributed by atoms with Crippen LogP contribution in [0.2, 0.25) is 5.02 Å². The van der Waals surface area contributed by atoms with Gasteiger partial charge in [-0.05, 0) is 24.3 Å². The minimum absolute atomic E-state index is 0.0926. The van der Waals surface area contributed by atoms with Gasteiger partial charge >= 0.3 is 0 Å². The molecule has 84 valence electrons. The van der Waals surface area contributed by atoms with E-state index < -0.39 is 5.41 Å². The molecule has 4 heteroatoms. The number of halogens is 1. The molecular formula is C11H16ClNOS. The summed E-state index contributed by atoms with van der Waals surface area (Å²) < 4.78 is 0. The number of rotatable bonds is 5. The molecule has 0 amide bonds. The van der Waals surface area contributed by atoms with Crippen molar-refractivity contribution in [3.8, 4) is 0 Å². The number of Topliss-reactive ketones (excluding diaryl/α,β-unsaturated/α-hetero) is 1. The Morgan fingerprint density at radius 2 is 2.13 bits per heavy atom. The number of hydrogen-bond acceptors (Lipinski definition) is 3. The minimum atomic E-state index is -0.436. The Labute approximate surface area is 99.4 Å². The van der Waals surface area contributed by atoms with Gasteiger partial charge < -0.3 is 5.73 Å². The topological polar surface area (TPSA) is 43.1 Å². The number of thiophene rings is 1. The zero-order valence-corrected chi connectivity index (χ0v) is 10.6. The lowest BCUT2D eigenvalue weighted by molar-refractivity contribution is 0.0792. The quantitative estimate of drug-likeness (QED) is 0.809. The number of nitrogens with two attached hydrogens (primary N) is 1. The van der Waals surface area contributed by atoms with Crippen LogP contribution in [0.1, 0.15) is 36.4 Å². The Kier molecular flexibility index (Phi) is 4.32. The monoisotopic (exact) mass is 245 g/mol. The Balaban J connectivity index is 3.06. The Bertz CT molecular complexity index is 336. The molecule has 1 aromatic heterocycles. The molecule has 0 radical (unpaired) electrons. The van der Waals surface area contributed by atoms with Gasteiger partial charge in [0.2, 0.25) is 0 Å². The molecule has 2 N–H and O–H groups in total. The number of carbonyl (C=O) groups is 1. The Hall–Kier alpha value is -0.380. The van der Waals surface area contributed by atoms with Crippen LogP contribution >= 0.6 is 22.9 Å². The van der Waals surface area contributed by atoms with E-state index in [-0.39, 0.29) is 5.78 Å². The van der Waals surface area contributed by atoms with Crippen molar-refractivity contribution in [2.75, 3.05) is 6.54 Å². The lowest BCUT2D eigenvalue weighted by Gasteiger charge is -2.27. The van der Waals surface area contributed by atoms with Crippen LogP contribution in [0, 0.1) is 5.41 Å². The Morgan fingerprint density at radius 1 is 1.53 bits per heavy atom. The molecular weight excluding hydrogens is 230 g/mol. The van der Waals surface area contributed by atoms with Crippen molar-refractivity contribution in [3.63, 3.8) is 0 Å². The molecule has 0 aliphatic rings. The van der Waals surface area contributed by atoms with Crippen molar-refractivity contribution in [2.45, 2.75) is 26.7 Å². The maximum absolute atomic E-state index is 12.3. The molecule has 0 unspecified atom stereocenters. The van der Waals surface area contributed by atoms with E-state index >= 15 is 0 Å². The zero-order chi connectivity index (χ0) is 11.5. The first-order chi connectivity index (χ1) is 7.11.